The van der Waals surface area contributed by atoms with Crippen LogP contribution in [-0.4, -0.2) is 18.1 Å². The van der Waals surface area contributed by atoms with E-state index < -0.39 is 0 Å². The van der Waals surface area contributed by atoms with Crippen molar-refractivity contribution in [2.75, 3.05) is 18.0 Å². The number of nitrogens with zero attached hydrogens (tertiary/aromatic N) is 2. The molecule has 0 aliphatic carbocycles. The maximum Gasteiger partial charge on any atom is 0.190 e. The van der Waals surface area contributed by atoms with E-state index in [0.29, 0.717) is 5.92 Å². The summed E-state index contributed by atoms with van der Waals surface area (Å²) < 4.78 is 0. The molecule has 2 rings (SSSR count). The summed E-state index contributed by atoms with van der Waals surface area (Å²) in [6.45, 7) is 11.6. The molecule has 0 saturated heterocycles. The zero-order chi connectivity index (χ0) is 15.2. The highest BCUT2D eigenvalue weighted by Crippen LogP contribution is 2.29. The molecule has 0 radical (unpaired) electrons. The van der Waals surface area contributed by atoms with E-state index in [1.165, 1.54) is 16.1 Å². The number of aryl methyl sites for hydroxylation is 1. The number of hydrogen-bond acceptors (Lipinski definition) is 4. The molecule has 2 aromatic rings. The van der Waals surface area contributed by atoms with E-state index in [9.17, 15) is 0 Å². The molecule has 21 heavy (non-hydrogen) atoms. The third kappa shape index (κ3) is 4.55. The normalized spacial score (nSPS) is 11.1. The summed E-state index contributed by atoms with van der Waals surface area (Å²) in [5, 5.41) is 4.55. The molecule has 1 N–H and O–H groups in total. The summed E-state index contributed by atoms with van der Waals surface area (Å²) in [5.74, 6) is 0.678. The van der Waals surface area contributed by atoms with Crippen LogP contribution < -0.4 is 10.2 Å². The maximum atomic E-state index is 4.60. The number of rotatable bonds is 7. The van der Waals surface area contributed by atoms with E-state index in [2.05, 4.69) is 67.2 Å². The number of hydrogen-bond donors (Lipinski definition) is 1. The Labute approximate surface area is 132 Å². The van der Waals surface area contributed by atoms with Gasteiger partial charge in [-0.15, -0.1) is 11.3 Å². The molecule has 0 fully saturated rings. The van der Waals surface area contributed by atoms with Crippen LogP contribution in [0.4, 0.5) is 10.8 Å². The van der Waals surface area contributed by atoms with Crippen LogP contribution >= 0.6 is 11.3 Å². The van der Waals surface area contributed by atoms with Gasteiger partial charge in [0.25, 0.3) is 0 Å². The first kappa shape index (κ1) is 16.0. The summed E-state index contributed by atoms with van der Waals surface area (Å²) in [4.78, 5) is 8.15. The van der Waals surface area contributed by atoms with Crippen LogP contribution in [0.5, 0.6) is 0 Å². The zero-order valence-electron chi connectivity index (χ0n) is 13.4. The molecule has 3 nitrogen and oxygen atoms in total. The predicted molar refractivity (Wildman–Crippen MR) is 92.5 cm³/mol. The summed E-state index contributed by atoms with van der Waals surface area (Å²) in [7, 11) is 0. The van der Waals surface area contributed by atoms with Crippen molar-refractivity contribution in [3.8, 4) is 0 Å². The minimum atomic E-state index is 0.678. The molecule has 0 atom stereocenters. The second-order valence-electron chi connectivity index (χ2n) is 5.72. The predicted octanol–water partition coefficient (Wildman–Crippen LogP) is 4.36. The molecule has 1 aromatic carbocycles. The number of thiazole rings is 1. The fourth-order valence-electron chi connectivity index (χ4n) is 2.21. The second-order valence-corrected chi connectivity index (χ2v) is 6.81. The summed E-state index contributed by atoms with van der Waals surface area (Å²) in [6.07, 6.45) is 1.99. The Morgan fingerprint density at radius 2 is 2.14 bits per heavy atom. The molecular formula is C17H25N3S. The monoisotopic (exact) mass is 303 g/mol. The number of benzene rings is 1. The summed E-state index contributed by atoms with van der Waals surface area (Å²) >= 11 is 1.77. The zero-order valence-corrected chi connectivity index (χ0v) is 14.2. The Balaban J connectivity index is 2.07. The molecule has 1 heterocycles. The van der Waals surface area contributed by atoms with E-state index in [4.69, 9.17) is 0 Å². The fraction of sp³-hybridized carbons (Fsp3) is 0.471. The van der Waals surface area contributed by atoms with Gasteiger partial charge in [0.05, 0.1) is 0 Å². The molecule has 4 heteroatoms. The first-order valence-electron chi connectivity index (χ1n) is 7.59. The van der Waals surface area contributed by atoms with Crippen molar-refractivity contribution in [3.05, 3.63) is 40.9 Å². The van der Waals surface area contributed by atoms with E-state index in [1.807, 2.05) is 6.20 Å². The van der Waals surface area contributed by atoms with Gasteiger partial charge in [0, 0.05) is 29.9 Å². The first-order chi connectivity index (χ1) is 10.1. The first-order valence-corrected chi connectivity index (χ1v) is 8.41. The fourth-order valence-corrected chi connectivity index (χ4v) is 3.18. The molecule has 0 spiro atoms. The van der Waals surface area contributed by atoms with Gasteiger partial charge in [-0.25, -0.2) is 4.98 Å². The third-order valence-electron chi connectivity index (χ3n) is 3.25. The van der Waals surface area contributed by atoms with Crippen LogP contribution in [0, 0.1) is 12.8 Å². The van der Waals surface area contributed by atoms with E-state index in [1.54, 1.807) is 11.3 Å². The van der Waals surface area contributed by atoms with Crippen LogP contribution in [0.1, 0.15) is 31.2 Å². The average molecular weight is 303 g/mol. The molecule has 0 bridgehead atoms. The topological polar surface area (TPSA) is 28.2 Å². The largest absolute Gasteiger partial charge is 0.318 e. The highest BCUT2D eigenvalue weighted by Gasteiger charge is 2.11. The van der Waals surface area contributed by atoms with Gasteiger partial charge in [0.15, 0.2) is 5.13 Å². The van der Waals surface area contributed by atoms with Crippen molar-refractivity contribution in [2.45, 2.75) is 34.2 Å². The molecular weight excluding hydrogens is 278 g/mol. The van der Waals surface area contributed by atoms with Crippen molar-refractivity contribution in [2.24, 2.45) is 5.92 Å². The van der Waals surface area contributed by atoms with Crippen molar-refractivity contribution < 1.29 is 0 Å². The van der Waals surface area contributed by atoms with Gasteiger partial charge in [-0.1, -0.05) is 26.0 Å². The Morgan fingerprint density at radius 3 is 2.81 bits per heavy atom. The van der Waals surface area contributed by atoms with Gasteiger partial charge in [-0.2, -0.15) is 0 Å². The Hall–Kier alpha value is -1.39. The lowest BCUT2D eigenvalue weighted by Gasteiger charge is -2.20. The van der Waals surface area contributed by atoms with E-state index in [0.717, 1.165) is 24.8 Å². The highest BCUT2D eigenvalue weighted by molar-refractivity contribution is 7.15. The lowest BCUT2D eigenvalue weighted by Crippen LogP contribution is -2.18. The summed E-state index contributed by atoms with van der Waals surface area (Å²) in [5.41, 5.74) is 2.50. The Kier molecular flexibility index (Phi) is 5.76. The molecule has 0 aliphatic rings. The molecule has 0 amide bonds. The van der Waals surface area contributed by atoms with E-state index in [-0.39, 0.29) is 0 Å². The molecule has 114 valence electrons. The maximum absolute atomic E-state index is 4.60. The number of nitrogens with one attached hydrogen (secondary N) is 1. The van der Waals surface area contributed by atoms with E-state index >= 15 is 0 Å². The van der Waals surface area contributed by atoms with Gasteiger partial charge >= 0.3 is 0 Å². The minimum absolute atomic E-state index is 0.678. The lowest BCUT2D eigenvalue weighted by atomic mass is 10.2. The quantitative estimate of drug-likeness (QED) is 0.824. The SMILES string of the molecule is CCN(c1cccc(C)c1)c1ncc(CNCC(C)C)s1. The molecule has 0 unspecified atom stereocenters. The number of anilines is 2. The Morgan fingerprint density at radius 1 is 1.33 bits per heavy atom. The molecule has 1 aromatic heterocycles. The average Bonchev–Trinajstić information content (AvgIpc) is 2.88. The van der Waals surface area contributed by atoms with Crippen molar-refractivity contribution >= 4 is 22.2 Å². The van der Waals surface area contributed by atoms with Gasteiger partial charge < -0.3 is 10.2 Å². The highest BCUT2D eigenvalue weighted by atomic mass is 32.1. The van der Waals surface area contributed by atoms with Crippen molar-refractivity contribution in [1.82, 2.24) is 10.3 Å². The smallest absolute Gasteiger partial charge is 0.190 e. The summed E-state index contributed by atoms with van der Waals surface area (Å²) in [6, 6.07) is 8.59. The standard InChI is InChI=1S/C17H25N3S/c1-5-20(15-8-6-7-14(4)9-15)17-19-12-16(21-17)11-18-10-13(2)3/h6-9,12-13,18H,5,10-11H2,1-4H3. The van der Waals surface area contributed by atoms with Gasteiger partial charge in [-0.3, -0.25) is 0 Å². The van der Waals surface area contributed by atoms with Crippen LogP contribution in [0.25, 0.3) is 0 Å². The minimum Gasteiger partial charge on any atom is -0.318 e. The lowest BCUT2D eigenvalue weighted by molar-refractivity contribution is 0.554. The van der Waals surface area contributed by atoms with Crippen LogP contribution in [0.15, 0.2) is 30.5 Å². The second kappa shape index (κ2) is 7.57. The Bertz CT molecular complexity index is 563. The third-order valence-corrected chi connectivity index (χ3v) is 4.27. The van der Waals surface area contributed by atoms with Crippen molar-refractivity contribution in [3.63, 3.8) is 0 Å². The van der Waals surface area contributed by atoms with Gasteiger partial charge in [0.2, 0.25) is 0 Å². The molecule has 0 saturated carbocycles. The van der Waals surface area contributed by atoms with Gasteiger partial charge in [0.1, 0.15) is 0 Å². The van der Waals surface area contributed by atoms with Crippen LogP contribution in [-0.2, 0) is 6.54 Å². The number of aromatic nitrogens is 1. The molecule has 0 aliphatic heterocycles. The van der Waals surface area contributed by atoms with Crippen molar-refractivity contribution in [1.29, 1.82) is 0 Å². The van der Waals surface area contributed by atoms with Crippen LogP contribution in [0.2, 0.25) is 0 Å². The van der Waals surface area contributed by atoms with Gasteiger partial charge in [-0.05, 0) is 44.0 Å². The van der Waals surface area contributed by atoms with Crippen LogP contribution in [0.3, 0.4) is 0 Å².